The third-order valence-corrected chi connectivity index (χ3v) is 3.37. The van der Waals surface area contributed by atoms with Crippen LogP contribution in [0.3, 0.4) is 0 Å². The number of hydrogen-bond acceptors (Lipinski definition) is 4. The molecule has 4 nitrogen and oxygen atoms in total. The van der Waals surface area contributed by atoms with E-state index in [1.165, 1.54) is 0 Å². The predicted octanol–water partition coefficient (Wildman–Crippen LogP) is 1.97. The SMILES string of the molecule is NC(CCO)(C(=O)OCc1ccccc1)c1ccccc1. The number of rotatable bonds is 6. The number of carbonyl (C=O) groups excluding carboxylic acids is 1. The Kier molecular flexibility index (Phi) is 5.09. The monoisotopic (exact) mass is 285 g/mol. The van der Waals surface area contributed by atoms with Gasteiger partial charge in [0.05, 0.1) is 0 Å². The lowest BCUT2D eigenvalue weighted by atomic mass is 9.88. The second-order valence-corrected chi connectivity index (χ2v) is 4.87. The van der Waals surface area contributed by atoms with Crippen molar-refractivity contribution in [2.45, 2.75) is 18.6 Å². The minimum absolute atomic E-state index is 0.116. The molecule has 4 heteroatoms. The van der Waals surface area contributed by atoms with E-state index in [2.05, 4.69) is 0 Å². The van der Waals surface area contributed by atoms with Crippen molar-refractivity contribution in [3.05, 3.63) is 71.8 Å². The number of aliphatic hydroxyl groups is 1. The first-order chi connectivity index (χ1) is 10.2. The maximum Gasteiger partial charge on any atom is 0.331 e. The highest BCUT2D eigenvalue weighted by Gasteiger charge is 2.37. The fourth-order valence-corrected chi connectivity index (χ4v) is 2.13. The van der Waals surface area contributed by atoms with Gasteiger partial charge in [-0.1, -0.05) is 60.7 Å². The first-order valence-corrected chi connectivity index (χ1v) is 6.83. The van der Waals surface area contributed by atoms with E-state index in [9.17, 15) is 9.90 Å². The smallest absolute Gasteiger partial charge is 0.331 e. The lowest BCUT2D eigenvalue weighted by molar-refractivity contribution is -0.152. The van der Waals surface area contributed by atoms with Crippen LogP contribution in [0.4, 0.5) is 0 Å². The summed E-state index contributed by atoms with van der Waals surface area (Å²) < 4.78 is 5.33. The molecule has 1 atom stereocenters. The number of carbonyl (C=O) groups is 1. The van der Waals surface area contributed by atoms with E-state index >= 15 is 0 Å². The average molecular weight is 285 g/mol. The minimum atomic E-state index is -1.33. The predicted molar refractivity (Wildman–Crippen MR) is 80.2 cm³/mol. The zero-order valence-corrected chi connectivity index (χ0v) is 11.7. The highest BCUT2D eigenvalue weighted by Crippen LogP contribution is 2.24. The van der Waals surface area contributed by atoms with Gasteiger partial charge in [-0.15, -0.1) is 0 Å². The van der Waals surface area contributed by atoms with Crippen LogP contribution in [0.1, 0.15) is 17.5 Å². The summed E-state index contributed by atoms with van der Waals surface area (Å²) in [5, 5.41) is 9.21. The summed E-state index contributed by atoms with van der Waals surface area (Å²) in [6.07, 6.45) is 0.116. The molecule has 0 aromatic heterocycles. The van der Waals surface area contributed by atoms with E-state index < -0.39 is 11.5 Å². The maximum absolute atomic E-state index is 12.4. The third kappa shape index (κ3) is 3.68. The van der Waals surface area contributed by atoms with Gasteiger partial charge in [0.25, 0.3) is 0 Å². The zero-order chi connectivity index (χ0) is 15.1. The molecule has 0 bridgehead atoms. The van der Waals surface area contributed by atoms with Gasteiger partial charge >= 0.3 is 5.97 Å². The van der Waals surface area contributed by atoms with Crippen molar-refractivity contribution in [1.29, 1.82) is 0 Å². The topological polar surface area (TPSA) is 72.5 Å². The average Bonchev–Trinajstić information content (AvgIpc) is 2.54. The van der Waals surface area contributed by atoms with Crippen LogP contribution in [-0.2, 0) is 21.7 Å². The molecule has 3 N–H and O–H groups in total. The Bertz CT molecular complexity index is 571. The number of nitrogens with two attached hydrogens (primary N) is 1. The standard InChI is InChI=1S/C17H19NO3/c18-17(11-12-19,15-9-5-2-6-10-15)16(20)21-13-14-7-3-1-4-8-14/h1-10,19H,11-13,18H2. The van der Waals surface area contributed by atoms with Crippen molar-refractivity contribution in [1.82, 2.24) is 0 Å². The van der Waals surface area contributed by atoms with Crippen molar-refractivity contribution in [3.8, 4) is 0 Å². The third-order valence-electron chi connectivity index (χ3n) is 3.37. The van der Waals surface area contributed by atoms with Crippen LogP contribution in [0.2, 0.25) is 0 Å². The molecule has 0 saturated carbocycles. The molecule has 0 amide bonds. The highest BCUT2D eigenvalue weighted by molar-refractivity contribution is 5.82. The highest BCUT2D eigenvalue weighted by atomic mass is 16.5. The minimum Gasteiger partial charge on any atom is -0.459 e. The normalized spacial score (nSPS) is 13.4. The van der Waals surface area contributed by atoms with Gasteiger partial charge in [0, 0.05) is 13.0 Å². The van der Waals surface area contributed by atoms with E-state index in [0.717, 1.165) is 5.56 Å². The van der Waals surface area contributed by atoms with Gasteiger partial charge in [0.1, 0.15) is 12.1 Å². The number of hydrogen-bond donors (Lipinski definition) is 2. The first kappa shape index (κ1) is 15.2. The summed E-state index contributed by atoms with van der Waals surface area (Å²) >= 11 is 0. The van der Waals surface area contributed by atoms with Crippen molar-refractivity contribution in [2.75, 3.05) is 6.61 Å². The van der Waals surface area contributed by atoms with Gasteiger partial charge in [0.15, 0.2) is 0 Å². The van der Waals surface area contributed by atoms with Crippen LogP contribution < -0.4 is 5.73 Å². The fraction of sp³-hybridized carbons (Fsp3) is 0.235. The van der Waals surface area contributed by atoms with Crippen LogP contribution in [0.25, 0.3) is 0 Å². The van der Waals surface area contributed by atoms with Gasteiger partial charge in [-0.2, -0.15) is 0 Å². The molecule has 0 aliphatic heterocycles. The molecule has 0 aliphatic rings. The van der Waals surface area contributed by atoms with E-state index in [1.807, 2.05) is 36.4 Å². The first-order valence-electron chi connectivity index (χ1n) is 6.83. The lowest BCUT2D eigenvalue weighted by Crippen LogP contribution is -2.46. The Morgan fingerprint density at radius 2 is 1.62 bits per heavy atom. The molecule has 0 fully saturated rings. The van der Waals surface area contributed by atoms with E-state index in [4.69, 9.17) is 10.5 Å². The maximum atomic E-state index is 12.4. The van der Waals surface area contributed by atoms with Gasteiger partial charge in [-0.25, -0.2) is 4.79 Å². The Hall–Kier alpha value is -2.17. The molecule has 0 heterocycles. The van der Waals surface area contributed by atoms with E-state index in [1.54, 1.807) is 24.3 Å². The van der Waals surface area contributed by atoms with E-state index in [0.29, 0.717) is 5.56 Å². The summed E-state index contributed by atoms with van der Waals surface area (Å²) in [5.74, 6) is -0.536. The molecule has 2 rings (SSSR count). The second-order valence-electron chi connectivity index (χ2n) is 4.87. The Labute approximate surface area is 124 Å². The number of aliphatic hydroxyl groups excluding tert-OH is 1. The van der Waals surface area contributed by atoms with Crippen LogP contribution in [0.5, 0.6) is 0 Å². The Morgan fingerprint density at radius 1 is 1.05 bits per heavy atom. The van der Waals surface area contributed by atoms with Crippen molar-refractivity contribution in [2.24, 2.45) is 5.73 Å². The van der Waals surface area contributed by atoms with Gasteiger partial charge in [0.2, 0.25) is 0 Å². The van der Waals surface area contributed by atoms with Crippen LogP contribution in [0.15, 0.2) is 60.7 Å². The largest absolute Gasteiger partial charge is 0.459 e. The second kappa shape index (κ2) is 7.02. The summed E-state index contributed by atoms with van der Waals surface area (Å²) in [4.78, 5) is 12.4. The van der Waals surface area contributed by atoms with Gasteiger partial charge in [-0.05, 0) is 11.1 Å². The van der Waals surface area contributed by atoms with Gasteiger partial charge in [-0.3, -0.25) is 0 Å². The van der Waals surface area contributed by atoms with Crippen LogP contribution in [0, 0.1) is 0 Å². The summed E-state index contributed by atoms with van der Waals surface area (Å²) in [6, 6.07) is 18.4. The van der Waals surface area contributed by atoms with Crippen molar-refractivity contribution < 1.29 is 14.6 Å². The number of benzene rings is 2. The number of esters is 1. The molecule has 2 aromatic carbocycles. The lowest BCUT2D eigenvalue weighted by Gasteiger charge is -2.27. The van der Waals surface area contributed by atoms with Gasteiger partial charge < -0.3 is 15.6 Å². The molecule has 0 aliphatic carbocycles. The molecule has 0 saturated heterocycles. The molecule has 0 spiro atoms. The molecule has 1 unspecified atom stereocenters. The summed E-state index contributed by atoms with van der Waals surface area (Å²) in [5.41, 5.74) is 6.40. The molecular weight excluding hydrogens is 266 g/mol. The van der Waals surface area contributed by atoms with Crippen LogP contribution >= 0.6 is 0 Å². The summed E-state index contributed by atoms with van der Waals surface area (Å²) in [7, 11) is 0. The van der Waals surface area contributed by atoms with Crippen LogP contribution in [-0.4, -0.2) is 17.7 Å². The molecule has 110 valence electrons. The molecule has 0 radical (unpaired) electrons. The molecule has 2 aromatic rings. The van der Waals surface area contributed by atoms with Crippen molar-refractivity contribution >= 4 is 5.97 Å². The fourth-order valence-electron chi connectivity index (χ4n) is 2.13. The van der Waals surface area contributed by atoms with Crippen molar-refractivity contribution in [3.63, 3.8) is 0 Å². The quantitative estimate of drug-likeness (QED) is 0.796. The Morgan fingerprint density at radius 3 is 2.19 bits per heavy atom. The molecular formula is C17H19NO3. The molecule has 21 heavy (non-hydrogen) atoms. The van der Waals surface area contributed by atoms with E-state index in [-0.39, 0.29) is 19.6 Å². The summed E-state index contributed by atoms with van der Waals surface area (Å²) in [6.45, 7) is -0.0251. The number of ether oxygens (including phenoxy) is 1. The Balaban J connectivity index is 2.12. The zero-order valence-electron chi connectivity index (χ0n) is 11.7.